The third kappa shape index (κ3) is 5.99. The van der Waals surface area contributed by atoms with Gasteiger partial charge in [-0.2, -0.15) is 0 Å². The van der Waals surface area contributed by atoms with Crippen molar-refractivity contribution in [3.05, 3.63) is 70.8 Å². The van der Waals surface area contributed by atoms with E-state index in [-0.39, 0.29) is 12.1 Å². The normalized spacial score (nSPS) is 11.8. The van der Waals surface area contributed by atoms with E-state index in [1.165, 1.54) is 0 Å². The fourth-order valence-electron chi connectivity index (χ4n) is 3.20. The van der Waals surface area contributed by atoms with Crippen LogP contribution in [0.1, 0.15) is 25.6 Å². The number of quaternary nitrogens is 1. The summed E-state index contributed by atoms with van der Waals surface area (Å²) in [5.41, 5.74) is 1.03. The van der Waals surface area contributed by atoms with Crippen LogP contribution in [0.4, 0.5) is 10.5 Å². The summed E-state index contributed by atoms with van der Waals surface area (Å²) in [5, 5.41) is 5.52. The number of imide groups is 1. The van der Waals surface area contributed by atoms with Crippen molar-refractivity contribution in [3.63, 3.8) is 0 Å². The van der Waals surface area contributed by atoms with Crippen LogP contribution >= 0.6 is 0 Å². The molecular formula is C22H26N5O3+. The van der Waals surface area contributed by atoms with Gasteiger partial charge in [0.25, 0.3) is 11.5 Å². The van der Waals surface area contributed by atoms with Gasteiger partial charge in [-0.1, -0.05) is 43.7 Å². The molecule has 0 bridgehead atoms. The zero-order valence-corrected chi connectivity index (χ0v) is 16.9. The summed E-state index contributed by atoms with van der Waals surface area (Å²) in [6.45, 7) is 3.27. The summed E-state index contributed by atoms with van der Waals surface area (Å²) in [5.74, 6) is 0.129. The molecule has 8 nitrogen and oxygen atoms in total. The van der Waals surface area contributed by atoms with Gasteiger partial charge in [-0.25, -0.2) is 9.78 Å². The third-order valence-electron chi connectivity index (χ3n) is 4.66. The number of unbranched alkanes of at least 4 members (excludes halogenated alkanes) is 1. The Hall–Kier alpha value is -3.52. The van der Waals surface area contributed by atoms with E-state index < -0.39 is 11.9 Å². The number of para-hydroxylation sites is 2. The molecule has 0 saturated heterocycles. The molecule has 0 radical (unpaired) electrons. The maximum atomic E-state index is 12.4. The minimum atomic E-state index is -0.571. The van der Waals surface area contributed by atoms with Gasteiger partial charge in [0.15, 0.2) is 12.4 Å². The largest absolute Gasteiger partial charge is 0.326 e. The monoisotopic (exact) mass is 408 g/mol. The Labute approximate surface area is 174 Å². The fourth-order valence-corrected chi connectivity index (χ4v) is 3.20. The maximum Gasteiger partial charge on any atom is 0.326 e. The molecule has 4 N–H and O–H groups in total. The van der Waals surface area contributed by atoms with Crippen LogP contribution in [0, 0.1) is 0 Å². The van der Waals surface area contributed by atoms with E-state index in [1.54, 1.807) is 42.5 Å². The zero-order valence-electron chi connectivity index (χ0n) is 16.9. The van der Waals surface area contributed by atoms with Gasteiger partial charge < -0.3 is 15.2 Å². The summed E-state index contributed by atoms with van der Waals surface area (Å²) in [4.78, 5) is 45.0. The molecule has 0 saturated carbocycles. The lowest BCUT2D eigenvalue weighted by molar-refractivity contribution is -0.906. The molecule has 1 atom stereocenters. The van der Waals surface area contributed by atoms with Crippen molar-refractivity contribution in [2.45, 2.75) is 26.3 Å². The fraction of sp³-hybridized carbons (Fsp3) is 0.273. The summed E-state index contributed by atoms with van der Waals surface area (Å²) in [7, 11) is 0. The van der Waals surface area contributed by atoms with Gasteiger partial charge in [-0.3, -0.25) is 14.9 Å². The lowest BCUT2D eigenvalue weighted by Gasteiger charge is -2.18. The van der Waals surface area contributed by atoms with E-state index in [1.807, 2.05) is 12.1 Å². The van der Waals surface area contributed by atoms with Gasteiger partial charge in [0.1, 0.15) is 6.54 Å². The first kappa shape index (κ1) is 21.2. The van der Waals surface area contributed by atoms with Crippen molar-refractivity contribution >= 4 is 28.5 Å². The highest BCUT2D eigenvalue weighted by Crippen LogP contribution is 2.05. The lowest BCUT2D eigenvalue weighted by atomic mass is 10.2. The van der Waals surface area contributed by atoms with Gasteiger partial charge in [0.2, 0.25) is 0 Å². The highest BCUT2D eigenvalue weighted by atomic mass is 16.2. The number of urea groups is 1. The highest BCUT2D eigenvalue weighted by molar-refractivity contribution is 6.01. The Morgan fingerprint density at radius 2 is 1.80 bits per heavy atom. The SMILES string of the molecule is CCCC[NH+](CC(=O)NC(=O)Nc1ccccc1)Cc1nc2ccccc2c(=O)[nH]1. The Morgan fingerprint density at radius 1 is 1.07 bits per heavy atom. The number of nitrogens with one attached hydrogen (secondary N) is 4. The highest BCUT2D eigenvalue weighted by Gasteiger charge is 2.18. The number of rotatable bonds is 8. The van der Waals surface area contributed by atoms with E-state index >= 15 is 0 Å². The number of nitrogens with zero attached hydrogens (tertiary/aromatic N) is 1. The zero-order chi connectivity index (χ0) is 21.3. The van der Waals surface area contributed by atoms with Crippen molar-refractivity contribution in [3.8, 4) is 0 Å². The number of fused-ring (bicyclic) bond motifs is 1. The summed E-state index contributed by atoms with van der Waals surface area (Å²) < 4.78 is 0. The first-order chi connectivity index (χ1) is 14.5. The van der Waals surface area contributed by atoms with E-state index in [2.05, 4.69) is 27.5 Å². The van der Waals surface area contributed by atoms with Crippen LogP contribution in [-0.2, 0) is 11.3 Å². The molecule has 156 valence electrons. The second-order valence-electron chi connectivity index (χ2n) is 7.11. The molecule has 2 aromatic carbocycles. The average Bonchev–Trinajstić information content (AvgIpc) is 2.72. The molecule has 0 spiro atoms. The van der Waals surface area contributed by atoms with Crippen LogP contribution in [0.3, 0.4) is 0 Å². The van der Waals surface area contributed by atoms with Crippen LogP contribution in [0.2, 0.25) is 0 Å². The Kier molecular flexibility index (Phi) is 7.29. The molecule has 8 heteroatoms. The van der Waals surface area contributed by atoms with Crippen molar-refractivity contribution in [1.82, 2.24) is 15.3 Å². The number of amides is 3. The molecule has 30 heavy (non-hydrogen) atoms. The quantitative estimate of drug-likeness (QED) is 0.452. The van der Waals surface area contributed by atoms with E-state index in [0.29, 0.717) is 29.0 Å². The second kappa shape index (κ2) is 10.3. The predicted octanol–water partition coefficient (Wildman–Crippen LogP) is 1.46. The minimum absolute atomic E-state index is 0.0960. The van der Waals surface area contributed by atoms with Crippen LogP contribution < -0.4 is 21.1 Å². The number of aromatic nitrogens is 2. The molecule has 3 rings (SSSR count). The predicted molar refractivity (Wildman–Crippen MR) is 115 cm³/mol. The number of carbonyl (C=O) groups is 2. The average molecular weight is 408 g/mol. The molecule has 3 amide bonds. The molecule has 1 aromatic heterocycles. The van der Waals surface area contributed by atoms with Gasteiger partial charge in [-0.05, 0) is 30.7 Å². The first-order valence-corrected chi connectivity index (χ1v) is 10.0. The van der Waals surface area contributed by atoms with Crippen LogP contribution in [0.15, 0.2) is 59.4 Å². The number of H-pyrrole nitrogens is 1. The molecule has 0 aliphatic carbocycles. The van der Waals surface area contributed by atoms with E-state index in [9.17, 15) is 14.4 Å². The van der Waals surface area contributed by atoms with Gasteiger partial charge in [0, 0.05) is 5.69 Å². The Morgan fingerprint density at radius 3 is 2.57 bits per heavy atom. The molecule has 3 aromatic rings. The van der Waals surface area contributed by atoms with Crippen molar-refractivity contribution < 1.29 is 14.5 Å². The summed E-state index contributed by atoms with van der Waals surface area (Å²) in [6, 6.07) is 15.5. The topological polar surface area (TPSA) is 108 Å². The van der Waals surface area contributed by atoms with Gasteiger partial charge in [0.05, 0.1) is 17.4 Å². The molecule has 0 aliphatic heterocycles. The Bertz CT molecular complexity index is 1070. The number of hydrogen-bond donors (Lipinski definition) is 4. The number of carbonyl (C=O) groups excluding carboxylic acids is 2. The molecule has 0 aliphatic rings. The second-order valence-corrected chi connectivity index (χ2v) is 7.11. The first-order valence-electron chi connectivity index (χ1n) is 10.0. The van der Waals surface area contributed by atoms with Crippen LogP contribution in [-0.4, -0.2) is 35.0 Å². The summed E-state index contributed by atoms with van der Waals surface area (Å²) in [6.07, 6.45) is 1.89. The minimum Gasteiger partial charge on any atom is -0.321 e. The molecule has 0 fully saturated rings. The number of anilines is 1. The maximum absolute atomic E-state index is 12.4. The smallest absolute Gasteiger partial charge is 0.321 e. The van der Waals surface area contributed by atoms with Crippen LogP contribution in [0.25, 0.3) is 10.9 Å². The van der Waals surface area contributed by atoms with Gasteiger partial charge in [-0.15, -0.1) is 0 Å². The lowest BCUT2D eigenvalue weighted by Crippen LogP contribution is -3.12. The molecule has 1 unspecified atom stereocenters. The van der Waals surface area contributed by atoms with Crippen LogP contribution in [0.5, 0.6) is 0 Å². The Balaban J connectivity index is 1.64. The summed E-state index contributed by atoms with van der Waals surface area (Å²) >= 11 is 0. The number of benzene rings is 2. The van der Waals surface area contributed by atoms with Crippen molar-refractivity contribution in [2.75, 3.05) is 18.4 Å². The molecular weight excluding hydrogens is 382 g/mol. The molecule has 1 heterocycles. The van der Waals surface area contributed by atoms with E-state index in [0.717, 1.165) is 24.3 Å². The third-order valence-corrected chi connectivity index (χ3v) is 4.66. The van der Waals surface area contributed by atoms with Crippen molar-refractivity contribution in [2.24, 2.45) is 0 Å². The van der Waals surface area contributed by atoms with E-state index in [4.69, 9.17) is 0 Å². The van der Waals surface area contributed by atoms with Crippen molar-refractivity contribution in [1.29, 1.82) is 0 Å². The number of aromatic amines is 1. The number of hydrogen-bond acceptors (Lipinski definition) is 4. The van der Waals surface area contributed by atoms with Gasteiger partial charge >= 0.3 is 6.03 Å². The standard InChI is InChI=1S/C22H25N5O3/c1-2-3-13-27(14-19-24-18-12-8-7-11-17(18)21(29)25-19)15-20(28)26-22(30)23-16-9-5-4-6-10-16/h4-12H,2-3,13-15H2,1H3,(H,24,25,29)(H2,23,26,28,30)/p+1.